The molecule has 0 amide bonds. The van der Waals surface area contributed by atoms with Crippen molar-refractivity contribution in [3.05, 3.63) is 40.4 Å². The van der Waals surface area contributed by atoms with Crippen molar-refractivity contribution < 1.29 is 0 Å². The van der Waals surface area contributed by atoms with Gasteiger partial charge in [0, 0.05) is 10.9 Å². The third kappa shape index (κ3) is 1.90. The number of aryl methyl sites for hydroxylation is 2. The van der Waals surface area contributed by atoms with Crippen LogP contribution in [0.15, 0.2) is 23.6 Å². The largest absolute Gasteiger partial charge is 0.225 e. The molecule has 0 saturated carbocycles. The number of rotatable bonds is 1. The zero-order valence-corrected chi connectivity index (χ0v) is 9.43. The third-order valence-corrected chi connectivity index (χ3v) is 3.26. The first-order valence-corrected chi connectivity index (χ1v) is 5.52. The lowest BCUT2D eigenvalue weighted by atomic mass is 10.1. The fourth-order valence-corrected chi connectivity index (χ4v) is 2.07. The summed E-state index contributed by atoms with van der Waals surface area (Å²) in [4.78, 5) is 4.23. The van der Waals surface area contributed by atoms with Crippen LogP contribution in [0, 0.1) is 25.2 Å². The Morgan fingerprint density at radius 1 is 1.27 bits per heavy atom. The van der Waals surface area contributed by atoms with Gasteiger partial charge in [-0.05, 0) is 31.0 Å². The summed E-state index contributed by atoms with van der Waals surface area (Å²) in [5, 5.41) is 11.4. The van der Waals surface area contributed by atoms with Gasteiger partial charge in [-0.3, -0.25) is 0 Å². The van der Waals surface area contributed by atoms with Crippen LogP contribution in [0.4, 0.5) is 0 Å². The fourth-order valence-electron chi connectivity index (χ4n) is 1.33. The number of aromatic nitrogens is 1. The monoisotopic (exact) mass is 214 g/mol. The summed E-state index contributed by atoms with van der Waals surface area (Å²) in [5.41, 5.74) is 4.11. The van der Waals surface area contributed by atoms with E-state index in [1.54, 1.807) is 5.38 Å². The molecule has 0 bridgehead atoms. The van der Waals surface area contributed by atoms with Gasteiger partial charge in [0.25, 0.3) is 0 Å². The quantitative estimate of drug-likeness (QED) is 0.730. The summed E-state index contributed by atoms with van der Waals surface area (Å²) < 4.78 is 0. The van der Waals surface area contributed by atoms with Crippen LogP contribution < -0.4 is 0 Å². The van der Waals surface area contributed by atoms with Gasteiger partial charge < -0.3 is 0 Å². The first-order chi connectivity index (χ1) is 7.20. The highest BCUT2D eigenvalue weighted by Crippen LogP contribution is 2.25. The van der Waals surface area contributed by atoms with Crippen LogP contribution in [0.3, 0.4) is 0 Å². The van der Waals surface area contributed by atoms with Gasteiger partial charge in [0.15, 0.2) is 5.69 Å². The van der Waals surface area contributed by atoms with Crippen LogP contribution in [0.2, 0.25) is 0 Å². The molecule has 0 aliphatic carbocycles. The van der Waals surface area contributed by atoms with E-state index in [1.807, 2.05) is 12.1 Å². The molecular weight excluding hydrogens is 204 g/mol. The molecule has 1 aromatic heterocycles. The third-order valence-electron chi connectivity index (χ3n) is 2.37. The van der Waals surface area contributed by atoms with E-state index in [9.17, 15) is 0 Å². The molecule has 0 unspecified atom stereocenters. The molecule has 0 N–H and O–H groups in total. The van der Waals surface area contributed by atoms with Crippen molar-refractivity contribution in [3.8, 4) is 16.6 Å². The van der Waals surface area contributed by atoms with E-state index in [4.69, 9.17) is 5.26 Å². The van der Waals surface area contributed by atoms with Gasteiger partial charge in [-0.15, -0.1) is 11.3 Å². The van der Waals surface area contributed by atoms with Crippen LogP contribution in [0.5, 0.6) is 0 Å². The van der Waals surface area contributed by atoms with Gasteiger partial charge in [0.05, 0.1) is 0 Å². The van der Waals surface area contributed by atoms with E-state index in [0.717, 1.165) is 10.6 Å². The topological polar surface area (TPSA) is 36.7 Å². The zero-order chi connectivity index (χ0) is 10.8. The first-order valence-electron chi connectivity index (χ1n) is 4.64. The molecule has 1 aromatic carbocycles. The highest BCUT2D eigenvalue weighted by molar-refractivity contribution is 7.13. The summed E-state index contributed by atoms with van der Waals surface area (Å²) in [6.07, 6.45) is 0. The summed E-state index contributed by atoms with van der Waals surface area (Å²) in [7, 11) is 0. The van der Waals surface area contributed by atoms with E-state index in [-0.39, 0.29) is 0 Å². The Kier molecular flexibility index (Phi) is 2.53. The predicted molar refractivity (Wildman–Crippen MR) is 61.7 cm³/mol. The van der Waals surface area contributed by atoms with Gasteiger partial charge in [-0.2, -0.15) is 5.26 Å². The normalized spacial score (nSPS) is 9.93. The van der Waals surface area contributed by atoms with E-state index >= 15 is 0 Å². The standard InChI is InChI=1S/C12H10N2S/c1-8-3-4-10(5-9(8)2)12-14-11(6-13)7-15-12/h3-5,7H,1-2H3. The van der Waals surface area contributed by atoms with Crippen molar-refractivity contribution >= 4 is 11.3 Å². The molecule has 0 saturated heterocycles. The molecule has 0 atom stereocenters. The molecule has 0 aliphatic heterocycles. The van der Waals surface area contributed by atoms with E-state index < -0.39 is 0 Å². The Hall–Kier alpha value is -1.66. The minimum Gasteiger partial charge on any atom is -0.225 e. The van der Waals surface area contributed by atoms with Crippen molar-refractivity contribution in [1.82, 2.24) is 4.98 Å². The molecule has 2 aromatic rings. The number of benzene rings is 1. The molecule has 0 radical (unpaired) electrons. The van der Waals surface area contributed by atoms with Gasteiger partial charge in [0.1, 0.15) is 11.1 Å². The van der Waals surface area contributed by atoms with Crippen molar-refractivity contribution in [1.29, 1.82) is 5.26 Å². The molecule has 3 heteroatoms. The zero-order valence-electron chi connectivity index (χ0n) is 8.61. The second kappa shape index (κ2) is 3.84. The van der Waals surface area contributed by atoms with Crippen molar-refractivity contribution in [2.24, 2.45) is 0 Å². The molecule has 15 heavy (non-hydrogen) atoms. The summed E-state index contributed by atoms with van der Waals surface area (Å²) in [5.74, 6) is 0. The highest BCUT2D eigenvalue weighted by atomic mass is 32.1. The van der Waals surface area contributed by atoms with Crippen molar-refractivity contribution in [3.63, 3.8) is 0 Å². The first kappa shape index (κ1) is 9.88. The molecule has 1 heterocycles. The van der Waals surface area contributed by atoms with Crippen LogP contribution in [-0.2, 0) is 0 Å². The number of hydrogen-bond donors (Lipinski definition) is 0. The lowest BCUT2D eigenvalue weighted by Gasteiger charge is -2.01. The summed E-state index contributed by atoms with van der Waals surface area (Å²) in [6, 6.07) is 8.27. The highest BCUT2D eigenvalue weighted by Gasteiger charge is 2.04. The predicted octanol–water partition coefficient (Wildman–Crippen LogP) is 3.30. The molecule has 0 spiro atoms. The van der Waals surface area contributed by atoms with Crippen LogP contribution >= 0.6 is 11.3 Å². The van der Waals surface area contributed by atoms with E-state index in [2.05, 4.69) is 31.0 Å². The van der Waals surface area contributed by atoms with Crippen molar-refractivity contribution in [2.45, 2.75) is 13.8 Å². The summed E-state index contributed by atoms with van der Waals surface area (Å²) in [6.45, 7) is 4.17. The second-order valence-corrected chi connectivity index (χ2v) is 4.31. The maximum absolute atomic E-state index is 8.69. The Morgan fingerprint density at radius 3 is 2.67 bits per heavy atom. The molecular formula is C12H10N2S. The maximum Gasteiger partial charge on any atom is 0.152 e. The Morgan fingerprint density at radius 2 is 2.07 bits per heavy atom. The molecule has 0 fully saturated rings. The Balaban J connectivity index is 2.46. The Bertz CT molecular complexity index is 535. The minimum atomic E-state index is 0.494. The minimum absolute atomic E-state index is 0.494. The summed E-state index contributed by atoms with van der Waals surface area (Å²) >= 11 is 1.51. The van der Waals surface area contributed by atoms with Gasteiger partial charge in [0.2, 0.25) is 0 Å². The molecule has 2 rings (SSSR count). The van der Waals surface area contributed by atoms with Crippen molar-refractivity contribution in [2.75, 3.05) is 0 Å². The average molecular weight is 214 g/mol. The lowest BCUT2D eigenvalue weighted by Crippen LogP contribution is -1.83. The number of thiazole rings is 1. The fraction of sp³-hybridized carbons (Fsp3) is 0.167. The lowest BCUT2D eigenvalue weighted by molar-refractivity contribution is 1.31. The number of nitriles is 1. The molecule has 2 nitrogen and oxygen atoms in total. The second-order valence-electron chi connectivity index (χ2n) is 3.45. The van der Waals surface area contributed by atoms with Crippen LogP contribution in [0.1, 0.15) is 16.8 Å². The van der Waals surface area contributed by atoms with Gasteiger partial charge in [-0.1, -0.05) is 12.1 Å². The SMILES string of the molecule is Cc1ccc(-c2nc(C#N)cs2)cc1C. The smallest absolute Gasteiger partial charge is 0.152 e. The average Bonchev–Trinajstić information content (AvgIpc) is 2.70. The van der Waals surface area contributed by atoms with E-state index in [1.165, 1.54) is 22.5 Å². The number of nitrogens with zero attached hydrogens (tertiary/aromatic N) is 2. The van der Waals surface area contributed by atoms with Crippen LogP contribution in [0.25, 0.3) is 10.6 Å². The van der Waals surface area contributed by atoms with Gasteiger partial charge in [-0.25, -0.2) is 4.98 Å². The molecule has 74 valence electrons. The van der Waals surface area contributed by atoms with E-state index in [0.29, 0.717) is 5.69 Å². The maximum atomic E-state index is 8.69. The number of hydrogen-bond acceptors (Lipinski definition) is 3. The van der Waals surface area contributed by atoms with Crippen LogP contribution in [-0.4, -0.2) is 4.98 Å². The Labute approximate surface area is 92.8 Å². The van der Waals surface area contributed by atoms with Gasteiger partial charge >= 0.3 is 0 Å². The molecule has 0 aliphatic rings.